The highest BCUT2D eigenvalue weighted by Crippen LogP contribution is 2.49. The summed E-state index contributed by atoms with van der Waals surface area (Å²) in [7, 11) is -0.273. The van der Waals surface area contributed by atoms with E-state index in [9.17, 15) is 22.8 Å². The average molecular weight is 486 g/mol. The highest BCUT2D eigenvalue weighted by molar-refractivity contribution is 7.91. The number of hydrogen-bond donors (Lipinski definition) is 1. The first-order chi connectivity index (χ1) is 16.3. The van der Waals surface area contributed by atoms with Crippen LogP contribution < -0.4 is 19.7 Å². The average Bonchev–Trinajstić information content (AvgIpc) is 3.31. The summed E-state index contributed by atoms with van der Waals surface area (Å²) >= 11 is 0. The molecule has 0 spiro atoms. The molecule has 2 aromatic rings. The zero-order chi connectivity index (χ0) is 24.2. The number of nitrogens with one attached hydrogen (secondary N) is 1. The molecular formula is C23H23N3O7S. The van der Waals surface area contributed by atoms with Crippen LogP contribution in [0.2, 0.25) is 0 Å². The number of hydrogen-bond acceptors (Lipinski definition) is 7. The lowest BCUT2D eigenvalue weighted by atomic mass is 10.0. The number of fused-ring (bicyclic) bond motifs is 5. The molecule has 2 unspecified atom stereocenters. The molecule has 0 saturated carbocycles. The molecule has 1 fully saturated rings. The summed E-state index contributed by atoms with van der Waals surface area (Å²) in [5.74, 6) is -0.733. The SMILES string of the molecule is COc1ccc2c(c1OC)C(=O)N1c3ccccc3C(=O)N(CC(=O)NC3CCS(=O)(=O)C3)C21. The van der Waals surface area contributed by atoms with Crippen LogP contribution in [-0.2, 0) is 14.6 Å². The molecule has 5 rings (SSSR count). The highest BCUT2D eigenvalue weighted by atomic mass is 32.2. The molecule has 2 aromatic carbocycles. The van der Waals surface area contributed by atoms with Crippen LogP contribution in [-0.4, -0.2) is 69.4 Å². The van der Waals surface area contributed by atoms with E-state index in [0.29, 0.717) is 29.0 Å². The van der Waals surface area contributed by atoms with Gasteiger partial charge in [0.25, 0.3) is 11.8 Å². The molecule has 10 nitrogen and oxygen atoms in total. The molecule has 0 aliphatic carbocycles. The van der Waals surface area contributed by atoms with Crippen molar-refractivity contribution in [3.63, 3.8) is 0 Å². The molecule has 3 aliphatic heterocycles. The van der Waals surface area contributed by atoms with Crippen molar-refractivity contribution in [3.8, 4) is 11.5 Å². The van der Waals surface area contributed by atoms with Gasteiger partial charge in [-0.25, -0.2) is 8.42 Å². The summed E-state index contributed by atoms with van der Waals surface area (Å²) in [6, 6.07) is 9.57. The largest absolute Gasteiger partial charge is 0.493 e. The van der Waals surface area contributed by atoms with E-state index in [0.717, 1.165) is 0 Å². The summed E-state index contributed by atoms with van der Waals surface area (Å²) in [5, 5.41) is 2.72. The van der Waals surface area contributed by atoms with E-state index in [4.69, 9.17) is 9.47 Å². The van der Waals surface area contributed by atoms with Crippen LogP contribution in [0.25, 0.3) is 0 Å². The Bertz CT molecular complexity index is 1320. The Kier molecular flexibility index (Phi) is 5.23. The second-order valence-corrected chi connectivity index (χ2v) is 10.7. The number of para-hydroxylation sites is 1. The first kappa shape index (κ1) is 22.2. The number of anilines is 1. The van der Waals surface area contributed by atoms with Gasteiger partial charge in [0.2, 0.25) is 5.91 Å². The second kappa shape index (κ2) is 8.01. The molecule has 0 radical (unpaired) electrons. The van der Waals surface area contributed by atoms with Gasteiger partial charge in [-0.2, -0.15) is 0 Å². The highest BCUT2D eigenvalue weighted by Gasteiger charge is 2.50. The van der Waals surface area contributed by atoms with Gasteiger partial charge in [-0.1, -0.05) is 18.2 Å². The Hall–Kier alpha value is -3.60. The minimum atomic E-state index is -3.17. The maximum Gasteiger partial charge on any atom is 0.264 e. The lowest BCUT2D eigenvalue weighted by Crippen LogP contribution is -2.52. The maximum atomic E-state index is 13.6. The van der Waals surface area contributed by atoms with Crippen LogP contribution in [0.3, 0.4) is 0 Å². The Balaban J connectivity index is 1.55. The Morgan fingerprint density at radius 1 is 1.09 bits per heavy atom. The van der Waals surface area contributed by atoms with Crippen LogP contribution in [0.4, 0.5) is 5.69 Å². The molecule has 34 heavy (non-hydrogen) atoms. The second-order valence-electron chi connectivity index (χ2n) is 8.43. The van der Waals surface area contributed by atoms with Crippen LogP contribution in [0.5, 0.6) is 11.5 Å². The number of methoxy groups -OCH3 is 2. The predicted octanol–water partition coefficient (Wildman–Crippen LogP) is 1.12. The minimum Gasteiger partial charge on any atom is -0.493 e. The fourth-order valence-corrected chi connectivity index (χ4v) is 6.60. The summed E-state index contributed by atoms with van der Waals surface area (Å²) in [6.45, 7) is -0.341. The van der Waals surface area contributed by atoms with Crippen LogP contribution in [0, 0.1) is 0 Å². The maximum absolute atomic E-state index is 13.6. The van der Waals surface area contributed by atoms with Gasteiger partial charge in [-0.05, 0) is 24.6 Å². The van der Waals surface area contributed by atoms with E-state index in [2.05, 4.69) is 5.32 Å². The lowest BCUT2D eigenvalue weighted by molar-refractivity contribution is -0.122. The molecule has 0 aromatic heterocycles. The molecule has 1 saturated heterocycles. The first-order valence-electron chi connectivity index (χ1n) is 10.7. The third-order valence-electron chi connectivity index (χ3n) is 6.39. The predicted molar refractivity (Wildman–Crippen MR) is 122 cm³/mol. The van der Waals surface area contributed by atoms with E-state index in [-0.39, 0.29) is 35.3 Å². The van der Waals surface area contributed by atoms with Crippen molar-refractivity contribution in [1.82, 2.24) is 10.2 Å². The van der Waals surface area contributed by atoms with Crippen molar-refractivity contribution >= 4 is 33.2 Å². The van der Waals surface area contributed by atoms with Crippen molar-refractivity contribution in [2.24, 2.45) is 0 Å². The normalized spacial score (nSPS) is 22.2. The van der Waals surface area contributed by atoms with Gasteiger partial charge in [0.05, 0.1) is 42.5 Å². The van der Waals surface area contributed by atoms with Gasteiger partial charge >= 0.3 is 0 Å². The number of carbonyl (C=O) groups is 3. The van der Waals surface area contributed by atoms with E-state index in [1.807, 2.05) is 0 Å². The van der Waals surface area contributed by atoms with Crippen LogP contribution >= 0.6 is 0 Å². The van der Waals surface area contributed by atoms with Gasteiger partial charge in [0.15, 0.2) is 21.3 Å². The van der Waals surface area contributed by atoms with Gasteiger partial charge in [0.1, 0.15) is 12.7 Å². The third kappa shape index (κ3) is 3.38. The van der Waals surface area contributed by atoms with Crippen molar-refractivity contribution in [2.75, 3.05) is 37.2 Å². The van der Waals surface area contributed by atoms with Gasteiger partial charge in [-0.3, -0.25) is 19.3 Å². The molecule has 3 heterocycles. The molecule has 3 aliphatic rings. The minimum absolute atomic E-state index is 0.0217. The summed E-state index contributed by atoms with van der Waals surface area (Å²) in [6.07, 6.45) is -0.526. The number of carbonyl (C=O) groups excluding carboxylic acids is 3. The zero-order valence-electron chi connectivity index (χ0n) is 18.6. The number of sulfone groups is 1. The zero-order valence-corrected chi connectivity index (χ0v) is 19.4. The lowest BCUT2D eigenvalue weighted by Gasteiger charge is -2.40. The summed E-state index contributed by atoms with van der Waals surface area (Å²) in [5.41, 5.74) is 1.52. The third-order valence-corrected chi connectivity index (χ3v) is 8.16. The van der Waals surface area contributed by atoms with E-state index in [1.165, 1.54) is 24.0 Å². The standard InChI is InChI=1S/C23H23N3O7S/c1-32-17-8-7-15-19(20(17)33-2)23(29)26-16-6-4-3-5-14(16)22(28)25(21(15)26)11-18(27)24-13-9-10-34(30,31)12-13/h3-8,13,21H,9-12H2,1-2H3,(H,24,27). The van der Waals surface area contributed by atoms with Crippen LogP contribution in [0.1, 0.15) is 38.9 Å². The fraction of sp³-hybridized carbons (Fsp3) is 0.348. The Labute approximate surface area is 196 Å². The molecule has 11 heteroatoms. The molecule has 3 amide bonds. The van der Waals surface area contributed by atoms with Crippen molar-refractivity contribution in [2.45, 2.75) is 18.6 Å². The van der Waals surface area contributed by atoms with Crippen molar-refractivity contribution in [1.29, 1.82) is 0 Å². The number of rotatable bonds is 5. The quantitative estimate of drug-likeness (QED) is 0.673. The van der Waals surface area contributed by atoms with Gasteiger partial charge in [-0.15, -0.1) is 0 Å². The molecule has 2 atom stereocenters. The molecule has 178 valence electrons. The molecule has 0 bridgehead atoms. The molecular weight excluding hydrogens is 462 g/mol. The number of ether oxygens (including phenoxy) is 2. The van der Waals surface area contributed by atoms with E-state index >= 15 is 0 Å². The topological polar surface area (TPSA) is 122 Å². The number of amides is 3. The van der Waals surface area contributed by atoms with Crippen molar-refractivity contribution in [3.05, 3.63) is 53.1 Å². The van der Waals surface area contributed by atoms with Gasteiger partial charge < -0.3 is 19.7 Å². The van der Waals surface area contributed by atoms with E-state index < -0.39 is 33.9 Å². The Morgan fingerprint density at radius 3 is 2.53 bits per heavy atom. The number of nitrogens with zero attached hydrogens (tertiary/aromatic N) is 2. The smallest absolute Gasteiger partial charge is 0.264 e. The monoisotopic (exact) mass is 485 g/mol. The first-order valence-corrected chi connectivity index (χ1v) is 12.6. The number of benzene rings is 2. The summed E-state index contributed by atoms with van der Waals surface area (Å²) < 4.78 is 34.3. The van der Waals surface area contributed by atoms with Crippen LogP contribution in [0.15, 0.2) is 36.4 Å². The molecule has 1 N–H and O–H groups in total. The summed E-state index contributed by atoms with van der Waals surface area (Å²) in [4.78, 5) is 42.8. The van der Waals surface area contributed by atoms with E-state index in [1.54, 1.807) is 36.4 Å². The van der Waals surface area contributed by atoms with Crippen molar-refractivity contribution < 1.29 is 32.3 Å². The van der Waals surface area contributed by atoms with Gasteiger partial charge in [0, 0.05) is 11.6 Å². The fourth-order valence-electron chi connectivity index (χ4n) is 4.92. The Morgan fingerprint density at radius 2 is 1.85 bits per heavy atom.